The molecule has 0 aliphatic heterocycles. The molecule has 0 spiro atoms. The minimum absolute atomic E-state index is 0.456. The van der Waals surface area contributed by atoms with Gasteiger partial charge in [0.2, 0.25) is 0 Å². The molecule has 0 bridgehead atoms. The van der Waals surface area contributed by atoms with Crippen molar-refractivity contribution in [2.24, 2.45) is 0 Å². The number of hydrogen-bond acceptors (Lipinski definition) is 6. The van der Waals surface area contributed by atoms with E-state index in [9.17, 15) is 5.26 Å². The van der Waals surface area contributed by atoms with Crippen LogP contribution in [0.4, 0.5) is 0 Å². The van der Waals surface area contributed by atoms with Crippen molar-refractivity contribution < 1.29 is 8.83 Å². The second-order valence-electron chi connectivity index (χ2n) is 14.7. The van der Waals surface area contributed by atoms with Gasteiger partial charge in [-0.2, -0.15) is 5.26 Å². The summed E-state index contributed by atoms with van der Waals surface area (Å²) in [5.74, 6) is 1.43. The number of para-hydroxylation sites is 2. The molecule has 7 nitrogen and oxygen atoms in total. The van der Waals surface area contributed by atoms with Gasteiger partial charge in [0.1, 0.15) is 22.3 Å². The highest BCUT2D eigenvalue weighted by Gasteiger charge is 2.21. The number of hydrogen-bond donors (Lipinski definition) is 0. The Balaban J connectivity index is 1.07. The van der Waals surface area contributed by atoms with Crippen molar-refractivity contribution in [1.82, 2.24) is 19.5 Å². The first-order valence-corrected chi connectivity index (χ1v) is 19.4. The van der Waals surface area contributed by atoms with Crippen LogP contribution in [0, 0.1) is 11.3 Å². The molecule has 0 aliphatic rings. The second kappa shape index (κ2) is 12.8. The summed E-state index contributed by atoms with van der Waals surface area (Å²) in [6.07, 6.45) is 0. The Morgan fingerprint density at radius 3 is 1.95 bits per heavy atom. The largest absolute Gasteiger partial charge is 0.456 e. The summed E-state index contributed by atoms with van der Waals surface area (Å²) < 4.78 is 15.1. The summed E-state index contributed by atoms with van der Waals surface area (Å²) in [7, 11) is 0. The average Bonchev–Trinajstić information content (AvgIpc) is 3.98. The van der Waals surface area contributed by atoms with Crippen LogP contribution in [0.2, 0.25) is 0 Å². The first-order valence-electron chi connectivity index (χ1n) is 19.4. The molecule has 0 saturated carbocycles. The minimum Gasteiger partial charge on any atom is -0.456 e. The van der Waals surface area contributed by atoms with Gasteiger partial charge >= 0.3 is 0 Å². The fourth-order valence-electron chi connectivity index (χ4n) is 8.55. The van der Waals surface area contributed by atoms with Gasteiger partial charge in [0.25, 0.3) is 0 Å². The maximum Gasteiger partial charge on any atom is 0.164 e. The topological polar surface area (TPSA) is 93.7 Å². The molecule has 0 atom stereocenters. The first kappa shape index (κ1) is 32.9. The van der Waals surface area contributed by atoms with E-state index in [2.05, 4.69) is 102 Å². The molecule has 0 N–H and O–H groups in total. The number of rotatable bonds is 5. The molecule has 0 unspecified atom stereocenters. The summed E-state index contributed by atoms with van der Waals surface area (Å²) in [6, 6.07) is 61.8. The fourth-order valence-corrected chi connectivity index (χ4v) is 8.55. The monoisotopic (exact) mass is 755 g/mol. The SMILES string of the molecule is N#Cc1cccc(-c2nc(-c3ccc4c(c3)oc3ccccc34)nc(-c3cccc4oc5ccc(-n6c7ccccc7c7cc(-c8ccccc8)ccc76)cc5c34)n2)c1. The lowest BCUT2D eigenvalue weighted by Gasteiger charge is -2.10. The zero-order valence-electron chi connectivity index (χ0n) is 31.3. The normalized spacial score (nSPS) is 11.7. The van der Waals surface area contributed by atoms with Gasteiger partial charge in [0.05, 0.1) is 22.7 Å². The first-order chi connectivity index (χ1) is 29.2. The van der Waals surface area contributed by atoms with E-state index in [1.807, 2.05) is 72.8 Å². The molecule has 0 radical (unpaired) electrons. The van der Waals surface area contributed by atoms with E-state index >= 15 is 0 Å². The number of fused-ring (bicyclic) bond motifs is 9. The zero-order valence-corrected chi connectivity index (χ0v) is 31.3. The van der Waals surface area contributed by atoms with Gasteiger partial charge in [0.15, 0.2) is 17.5 Å². The van der Waals surface area contributed by atoms with E-state index in [4.69, 9.17) is 23.8 Å². The van der Waals surface area contributed by atoms with Crippen molar-refractivity contribution in [2.45, 2.75) is 0 Å². The molecule has 274 valence electrons. The predicted molar refractivity (Wildman–Crippen MR) is 235 cm³/mol. The highest BCUT2D eigenvalue weighted by atomic mass is 16.3. The van der Waals surface area contributed by atoms with Crippen molar-refractivity contribution in [3.05, 3.63) is 181 Å². The van der Waals surface area contributed by atoms with Gasteiger partial charge in [-0.25, -0.2) is 15.0 Å². The number of furan rings is 2. The Kier molecular flexibility index (Phi) is 7.16. The predicted octanol–water partition coefficient (Wildman–Crippen LogP) is 13.3. The van der Waals surface area contributed by atoms with E-state index in [0.717, 1.165) is 71.7 Å². The molecule has 0 aliphatic carbocycles. The highest BCUT2D eigenvalue weighted by molar-refractivity contribution is 6.14. The third-order valence-electron chi connectivity index (χ3n) is 11.3. The van der Waals surface area contributed by atoms with Gasteiger partial charge in [-0.05, 0) is 83.9 Å². The van der Waals surface area contributed by atoms with Crippen LogP contribution < -0.4 is 0 Å². The van der Waals surface area contributed by atoms with Crippen LogP contribution in [0.1, 0.15) is 5.56 Å². The lowest BCUT2D eigenvalue weighted by atomic mass is 10.0. The van der Waals surface area contributed by atoms with Crippen LogP contribution in [0.5, 0.6) is 0 Å². The number of aromatic nitrogens is 4. The summed E-state index contributed by atoms with van der Waals surface area (Å²) in [5.41, 5.74) is 11.5. The number of nitriles is 1. The molecule has 4 aromatic heterocycles. The Morgan fingerprint density at radius 1 is 0.407 bits per heavy atom. The summed E-state index contributed by atoms with van der Waals surface area (Å²) in [4.78, 5) is 15.2. The Morgan fingerprint density at radius 2 is 1.07 bits per heavy atom. The maximum absolute atomic E-state index is 9.77. The van der Waals surface area contributed by atoms with E-state index in [1.165, 1.54) is 21.9 Å². The lowest BCUT2D eigenvalue weighted by molar-refractivity contribution is 0.668. The molecule has 4 heterocycles. The summed E-state index contributed by atoms with van der Waals surface area (Å²) >= 11 is 0. The van der Waals surface area contributed by atoms with Crippen LogP contribution in [-0.2, 0) is 0 Å². The molecule has 12 rings (SSSR count). The summed E-state index contributed by atoms with van der Waals surface area (Å²) in [5, 5.41) is 16.1. The molecule has 12 aromatic rings. The zero-order chi connectivity index (χ0) is 39.0. The van der Waals surface area contributed by atoms with Crippen molar-refractivity contribution in [2.75, 3.05) is 0 Å². The van der Waals surface area contributed by atoms with Crippen LogP contribution in [0.25, 0.3) is 117 Å². The molecule has 0 fully saturated rings. The Labute approximate surface area is 336 Å². The van der Waals surface area contributed by atoms with Gasteiger partial charge in [-0.3, -0.25) is 0 Å². The van der Waals surface area contributed by atoms with E-state index in [1.54, 1.807) is 12.1 Å². The molecular weight excluding hydrogens is 727 g/mol. The number of nitrogens with zero attached hydrogens (tertiary/aromatic N) is 5. The molecular formula is C52H29N5O2. The minimum atomic E-state index is 0.456. The fraction of sp³-hybridized carbons (Fsp3) is 0. The van der Waals surface area contributed by atoms with E-state index in [0.29, 0.717) is 28.6 Å². The van der Waals surface area contributed by atoms with Gasteiger partial charge < -0.3 is 13.4 Å². The lowest BCUT2D eigenvalue weighted by Crippen LogP contribution is -2.00. The Bertz CT molecular complexity index is 3700. The van der Waals surface area contributed by atoms with Crippen LogP contribution in [-0.4, -0.2) is 19.5 Å². The van der Waals surface area contributed by atoms with Crippen LogP contribution in [0.3, 0.4) is 0 Å². The molecule has 8 aromatic carbocycles. The van der Waals surface area contributed by atoms with Gasteiger partial charge in [-0.1, -0.05) is 103 Å². The maximum atomic E-state index is 9.77. The van der Waals surface area contributed by atoms with E-state index < -0.39 is 0 Å². The van der Waals surface area contributed by atoms with Gasteiger partial charge in [0, 0.05) is 54.7 Å². The number of benzene rings is 8. The average molecular weight is 756 g/mol. The van der Waals surface area contributed by atoms with Crippen molar-refractivity contribution in [3.63, 3.8) is 0 Å². The van der Waals surface area contributed by atoms with Crippen LogP contribution >= 0.6 is 0 Å². The standard InChI is InChI=1S/C52H29N5O2/c53-30-31-10-8-13-34(26-31)50-54-51(35-20-23-39-38-15-5-7-18-45(38)59-48(39)28-35)56-52(55-50)40-16-9-19-47-49(40)42-29-36(22-25-46(42)58-47)57-43-17-6-4-14-37(43)41-27-33(21-24-44(41)57)32-11-2-1-3-12-32/h1-29H. The van der Waals surface area contributed by atoms with E-state index in [-0.39, 0.29) is 0 Å². The van der Waals surface area contributed by atoms with Crippen molar-refractivity contribution in [3.8, 4) is 57.0 Å². The molecule has 0 amide bonds. The van der Waals surface area contributed by atoms with Crippen molar-refractivity contribution in [1.29, 1.82) is 5.26 Å². The third-order valence-corrected chi connectivity index (χ3v) is 11.3. The van der Waals surface area contributed by atoms with Crippen LogP contribution in [0.15, 0.2) is 185 Å². The smallest absolute Gasteiger partial charge is 0.164 e. The Hall–Kier alpha value is -8.34. The second-order valence-corrected chi connectivity index (χ2v) is 14.7. The molecule has 7 heteroatoms. The highest BCUT2D eigenvalue weighted by Crippen LogP contribution is 2.40. The summed E-state index contributed by atoms with van der Waals surface area (Å²) in [6.45, 7) is 0. The molecule has 0 saturated heterocycles. The molecule has 59 heavy (non-hydrogen) atoms. The van der Waals surface area contributed by atoms with Crippen molar-refractivity contribution >= 4 is 65.7 Å². The third kappa shape index (κ3) is 5.24. The quantitative estimate of drug-likeness (QED) is 0.174. The van der Waals surface area contributed by atoms with Gasteiger partial charge in [-0.15, -0.1) is 0 Å².